The standard InChI is InChI=1S/C26H26Cl2N6O2/c1-3-33(4-2)21-8-6-17(24(13-21)36-16-18-5-7-20(27)12-23(18)28)11-19(14-29)25-22(15-30)26(31)34(32-25)9-10-35/h5-8,11-13,35H,3-4,9-10,16,31H2,1-2H3. The maximum Gasteiger partial charge on any atom is 0.140 e. The third kappa shape index (κ3) is 5.92. The van der Waals surface area contributed by atoms with Gasteiger partial charge in [-0.1, -0.05) is 29.3 Å². The molecule has 0 radical (unpaired) electrons. The van der Waals surface area contributed by atoms with Gasteiger partial charge in [0.1, 0.15) is 41.6 Å². The highest BCUT2D eigenvalue weighted by Gasteiger charge is 2.20. The second kappa shape index (κ2) is 12.3. The fourth-order valence-corrected chi connectivity index (χ4v) is 4.16. The number of anilines is 2. The lowest BCUT2D eigenvalue weighted by molar-refractivity contribution is 0.270. The number of aliphatic hydroxyl groups excluding tert-OH is 1. The summed E-state index contributed by atoms with van der Waals surface area (Å²) in [5.74, 6) is 0.618. The fourth-order valence-electron chi connectivity index (χ4n) is 3.69. The van der Waals surface area contributed by atoms with Crippen molar-refractivity contribution in [1.29, 1.82) is 10.5 Å². The van der Waals surface area contributed by atoms with E-state index in [0.717, 1.165) is 24.3 Å². The van der Waals surface area contributed by atoms with Crippen LogP contribution in [0.3, 0.4) is 0 Å². The van der Waals surface area contributed by atoms with Crippen molar-refractivity contribution in [2.45, 2.75) is 27.0 Å². The Morgan fingerprint density at radius 3 is 2.56 bits per heavy atom. The molecule has 3 aromatic rings. The summed E-state index contributed by atoms with van der Waals surface area (Å²) < 4.78 is 7.48. The molecule has 0 aliphatic heterocycles. The number of hydrogen-bond acceptors (Lipinski definition) is 7. The van der Waals surface area contributed by atoms with Crippen molar-refractivity contribution in [1.82, 2.24) is 9.78 Å². The van der Waals surface area contributed by atoms with Crippen molar-refractivity contribution >= 4 is 46.4 Å². The molecule has 1 aromatic heterocycles. The molecule has 0 fully saturated rings. The molecule has 0 atom stereocenters. The highest BCUT2D eigenvalue weighted by molar-refractivity contribution is 6.35. The largest absolute Gasteiger partial charge is 0.488 e. The number of aromatic nitrogens is 2. The van der Waals surface area contributed by atoms with E-state index in [0.29, 0.717) is 21.4 Å². The molecule has 0 spiro atoms. The van der Waals surface area contributed by atoms with Crippen molar-refractivity contribution in [2.24, 2.45) is 0 Å². The summed E-state index contributed by atoms with van der Waals surface area (Å²) >= 11 is 12.3. The number of aliphatic hydroxyl groups is 1. The van der Waals surface area contributed by atoms with Crippen LogP contribution in [0.15, 0.2) is 36.4 Å². The van der Waals surface area contributed by atoms with Gasteiger partial charge in [-0.25, -0.2) is 4.68 Å². The highest BCUT2D eigenvalue weighted by Crippen LogP contribution is 2.32. The molecule has 8 nitrogen and oxygen atoms in total. The van der Waals surface area contributed by atoms with E-state index in [1.165, 1.54) is 4.68 Å². The van der Waals surface area contributed by atoms with Crippen LogP contribution in [0.4, 0.5) is 11.5 Å². The molecule has 0 saturated heterocycles. The van der Waals surface area contributed by atoms with Crippen molar-refractivity contribution < 1.29 is 9.84 Å². The first-order valence-corrected chi connectivity index (χ1v) is 12.1. The summed E-state index contributed by atoms with van der Waals surface area (Å²) in [6.45, 7) is 5.83. The Labute approximate surface area is 220 Å². The molecule has 0 unspecified atom stereocenters. The molecule has 0 saturated carbocycles. The Morgan fingerprint density at radius 1 is 1.19 bits per heavy atom. The number of hydrogen-bond donors (Lipinski definition) is 2. The normalized spacial score (nSPS) is 11.1. The van der Waals surface area contributed by atoms with Crippen LogP contribution < -0.4 is 15.4 Å². The van der Waals surface area contributed by atoms with Gasteiger partial charge in [0.2, 0.25) is 0 Å². The molecule has 10 heteroatoms. The van der Waals surface area contributed by atoms with Crippen LogP contribution in [0.1, 0.15) is 36.2 Å². The lowest BCUT2D eigenvalue weighted by atomic mass is 10.0. The van der Waals surface area contributed by atoms with Crippen molar-refractivity contribution in [3.63, 3.8) is 0 Å². The monoisotopic (exact) mass is 524 g/mol. The minimum Gasteiger partial charge on any atom is -0.488 e. The molecule has 3 rings (SSSR count). The molecular formula is C26H26Cl2N6O2. The Hall–Kier alpha value is -3.69. The van der Waals surface area contributed by atoms with E-state index in [-0.39, 0.29) is 42.4 Å². The van der Waals surface area contributed by atoms with Crippen molar-refractivity contribution in [3.8, 4) is 17.9 Å². The van der Waals surface area contributed by atoms with Crippen molar-refractivity contribution in [2.75, 3.05) is 30.3 Å². The summed E-state index contributed by atoms with van der Waals surface area (Å²) in [7, 11) is 0. The SMILES string of the molecule is CCN(CC)c1ccc(C=C(C#N)c2nn(CCO)c(N)c2C#N)c(OCc2ccc(Cl)cc2Cl)c1. The Kier molecular flexibility index (Phi) is 9.21. The van der Waals surface area contributed by atoms with Gasteiger partial charge in [0, 0.05) is 46.0 Å². The lowest BCUT2D eigenvalue weighted by Gasteiger charge is -2.22. The number of nitrogens with zero attached hydrogens (tertiary/aromatic N) is 5. The molecular weight excluding hydrogens is 499 g/mol. The minimum absolute atomic E-state index is 0.0754. The van der Waals surface area contributed by atoms with Crippen LogP contribution in [0, 0.1) is 22.7 Å². The molecule has 0 aliphatic carbocycles. The van der Waals surface area contributed by atoms with E-state index in [1.54, 1.807) is 24.3 Å². The summed E-state index contributed by atoms with van der Waals surface area (Å²) in [4.78, 5) is 2.17. The van der Waals surface area contributed by atoms with Gasteiger partial charge in [0.25, 0.3) is 0 Å². The molecule has 3 N–H and O–H groups in total. The number of ether oxygens (including phenoxy) is 1. The highest BCUT2D eigenvalue weighted by atomic mass is 35.5. The maximum absolute atomic E-state index is 9.92. The van der Waals surface area contributed by atoms with E-state index >= 15 is 0 Å². The zero-order valence-corrected chi connectivity index (χ0v) is 21.5. The third-order valence-electron chi connectivity index (χ3n) is 5.61. The number of benzene rings is 2. The molecule has 36 heavy (non-hydrogen) atoms. The van der Waals surface area contributed by atoms with Crippen LogP contribution in [-0.2, 0) is 13.2 Å². The van der Waals surface area contributed by atoms with Gasteiger partial charge in [0.05, 0.1) is 18.7 Å². The summed E-state index contributed by atoms with van der Waals surface area (Å²) in [5.41, 5.74) is 8.71. The lowest BCUT2D eigenvalue weighted by Crippen LogP contribution is -2.21. The van der Waals surface area contributed by atoms with Crippen LogP contribution in [0.5, 0.6) is 5.75 Å². The van der Waals surface area contributed by atoms with E-state index in [4.69, 9.17) is 33.7 Å². The van der Waals surface area contributed by atoms with Gasteiger partial charge >= 0.3 is 0 Å². The van der Waals surface area contributed by atoms with Crippen LogP contribution in [-0.4, -0.2) is 34.6 Å². The summed E-state index contributed by atoms with van der Waals surface area (Å²) in [5, 5.41) is 34.1. The average molecular weight is 525 g/mol. The van der Waals surface area contributed by atoms with Crippen molar-refractivity contribution in [3.05, 3.63) is 68.8 Å². The number of rotatable bonds is 10. The van der Waals surface area contributed by atoms with E-state index in [9.17, 15) is 15.6 Å². The molecule has 0 amide bonds. The molecule has 186 valence electrons. The molecule has 2 aromatic carbocycles. The number of nitrogen functional groups attached to an aromatic ring is 1. The second-order valence-electron chi connectivity index (χ2n) is 7.76. The molecule has 0 aliphatic rings. The van der Waals surface area contributed by atoms with Crippen LogP contribution >= 0.6 is 23.2 Å². The number of nitrogens with two attached hydrogens (primary N) is 1. The predicted octanol–water partition coefficient (Wildman–Crippen LogP) is 5.13. The van der Waals surface area contributed by atoms with Gasteiger partial charge in [-0.05, 0) is 44.2 Å². The Morgan fingerprint density at radius 2 is 1.94 bits per heavy atom. The molecule has 0 bridgehead atoms. The van der Waals surface area contributed by atoms with E-state index < -0.39 is 0 Å². The first-order chi connectivity index (χ1) is 17.4. The van der Waals surface area contributed by atoms with Crippen LogP contribution in [0.2, 0.25) is 10.0 Å². The first kappa shape index (κ1) is 26.9. The first-order valence-electron chi connectivity index (χ1n) is 11.3. The minimum atomic E-state index is -0.208. The van der Waals surface area contributed by atoms with Gasteiger partial charge in [0.15, 0.2) is 0 Å². The van der Waals surface area contributed by atoms with E-state index in [1.807, 2.05) is 24.3 Å². The molecule has 1 heterocycles. The zero-order chi connectivity index (χ0) is 26.2. The summed E-state index contributed by atoms with van der Waals surface area (Å²) in [6.07, 6.45) is 1.61. The second-order valence-corrected chi connectivity index (χ2v) is 8.60. The van der Waals surface area contributed by atoms with Gasteiger partial charge in [-0.15, -0.1) is 0 Å². The Balaban J connectivity index is 2.08. The van der Waals surface area contributed by atoms with Gasteiger partial charge in [-0.3, -0.25) is 0 Å². The number of halogens is 2. The smallest absolute Gasteiger partial charge is 0.140 e. The summed E-state index contributed by atoms with van der Waals surface area (Å²) in [6, 6.07) is 15.0. The average Bonchev–Trinajstić information content (AvgIpc) is 3.18. The third-order valence-corrected chi connectivity index (χ3v) is 6.20. The van der Waals surface area contributed by atoms with Crippen LogP contribution in [0.25, 0.3) is 11.6 Å². The Bertz CT molecular complexity index is 1350. The van der Waals surface area contributed by atoms with Gasteiger partial charge < -0.3 is 20.5 Å². The van der Waals surface area contributed by atoms with Gasteiger partial charge in [-0.2, -0.15) is 15.6 Å². The maximum atomic E-state index is 9.92. The zero-order valence-electron chi connectivity index (χ0n) is 20.0. The van der Waals surface area contributed by atoms with E-state index in [2.05, 4.69) is 29.9 Å². The number of nitriles is 2. The number of allylic oxidation sites excluding steroid dienone is 1. The topological polar surface area (TPSA) is 124 Å². The quantitative estimate of drug-likeness (QED) is 0.352. The predicted molar refractivity (Wildman–Crippen MR) is 143 cm³/mol. The fraction of sp³-hybridized carbons (Fsp3) is 0.269.